The molecular formula is C14H24N4O. The number of rotatable bonds is 6. The van der Waals surface area contributed by atoms with Gasteiger partial charge in [-0.3, -0.25) is 0 Å². The largest absolute Gasteiger partial charge is 0.478 e. The lowest BCUT2D eigenvalue weighted by atomic mass is 9.94. The Labute approximate surface area is 115 Å². The summed E-state index contributed by atoms with van der Waals surface area (Å²) in [6.07, 6.45) is 5.50. The number of nitrogens with zero attached hydrogens (tertiary/aromatic N) is 3. The Kier molecular flexibility index (Phi) is 5.39. The number of ether oxygens (including phenoxy) is 1. The van der Waals surface area contributed by atoms with Crippen molar-refractivity contribution in [1.82, 2.24) is 15.3 Å². The standard InChI is InChI=1S/C14H24N4O/c1-3-19-13-5-9-16-14(17-13)18-10-6-12(7-11-18)4-8-15-2/h5,9,12,15H,3-4,6-8,10-11H2,1-2H3. The average Bonchev–Trinajstić information content (AvgIpc) is 2.46. The van der Waals surface area contributed by atoms with Crippen molar-refractivity contribution in [2.45, 2.75) is 26.2 Å². The molecule has 1 aliphatic rings. The van der Waals surface area contributed by atoms with E-state index in [0.29, 0.717) is 12.5 Å². The van der Waals surface area contributed by atoms with Crippen LogP contribution in [-0.4, -0.2) is 43.3 Å². The van der Waals surface area contributed by atoms with E-state index in [1.807, 2.05) is 20.0 Å². The minimum absolute atomic E-state index is 0.641. The van der Waals surface area contributed by atoms with E-state index in [1.165, 1.54) is 19.3 Å². The van der Waals surface area contributed by atoms with Crippen LogP contribution in [-0.2, 0) is 0 Å². The van der Waals surface area contributed by atoms with E-state index in [9.17, 15) is 0 Å². The zero-order valence-corrected chi connectivity index (χ0v) is 11.9. The van der Waals surface area contributed by atoms with Crippen molar-refractivity contribution >= 4 is 5.95 Å². The lowest BCUT2D eigenvalue weighted by molar-refractivity contribution is 0.325. The molecule has 0 saturated carbocycles. The van der Waals surface area contributed by atoms with E-state index in [1.54, 1.807) is 6.20 Å². The minimum Gasteiger partial charge on any atom is -0.478 e. The second-order valence-electron chi connectivity index (χ2n) is 4.95. The highest BCUT2D eigenvalue weighted by atomic mass is 16.5. The van der Waals surface area contributed by atoms with Gasteiger partial charge in [0.2, 0.25) is 11.8 Å². The third-order valence-corrected chi connectivity index (χ3v) is 3.61. The summed E-state index contributed by atoms with van der Waals surface area (Å²) >= 11 is 0. The molecule has 1 aromatic rings. The Balaban J connectivity index is 1.88. The Hall–Kier alpha value is -1.36. The molecule has 0 spiro atoms. The van der Waals surface area contributed by atoms with Gasteiger partial charge in [0.25, 0.3) is 0 Å². The summed E-state index contributed by atoms with van der Waals surface area (Å²) in [6, 6.07) is 1.81. The predicted molar refractivity (Wildman–Crippen MR) is 76.7 cm³/mol. The third-order valence-electron chi connectivity index (χ3n) is 3.61. The van der Waals surface area contributed by atoms with Crippen LogP contribution in [0.15, 0.2) is 12.3 Å². The van der Waals surface area contributed by atoms with Crippen LogP contribution < -0.4 is 15.0 Å². The summed E-state index contributed by atoms with van der Waals surface area (Å²) in [4.78, 5) is 11.1. The molecule has 1 saturated heterocycles. The summed E-state index contributed by atoms with van der Waals surface area (Å²) in [5.41, 5.74) is 0. The molecule has 0 aliphatic carbocycles. The molecule has 2 rings (SSSR count). The Morgan fingerprint density at radius 2 is 2.21 bits per heavy atom. The highest BCUT2D eigenvalue weighted by molar-refractivity contribution is 5.32. The maximum atomic E-state index is 5.43. The van der Waals surface area contributed by atoms with Gasteiger partial charge in [-0.25, -0.2) is 4.98 Å². The molecule has 2 heterocycles. The summed E-state index contributed by atoms with van der Waals surface area (Å²) < 4.78 is 5.43. The number of anilines is 1. The molecule has 0 aromatic carbocycles. The second-order valence-corrected chi connectivity index (χ2v) is 4.95. The summed E-state index contributed by atoms with van der Waals surface area (Å²) in [5, 5.41) is 3.22. The molecule has 5 nitrogen and oxygen atoms in total. The van der Waals surface area contributed by atoms with Crippen LogP contribution in [0.1, 0.15) is 26.2 Å². The molecule has 19 heavy (non-hydrogen) atoms. The van der Waals surface area contributed by atoms with Gasteiger partial charge < -0.3 is 15.0 Å². The summed E-state index contributed by atoms with van der Waals surface area (Å²) in [6.45, 7) is 5.81. The number of hydrogen-bond donors (Lipinski definition) is 1. The number of aromatic nitrogens is 2. The smallest absolute Gasteiger partial charge is 0.228 e. The van der Waals surface area contributed by atoms with E-state index in [0.717, 1.165) is 31.5 Å². The fraction of sp³-hybridized carbons (Fsp3) is 0.714. The molecule has 0 unspecified atom stereocenters. The molecule has 5 heteroatoms. The lowest BCUT2D eigenvalue weighted by Crippen LogP contribution is -2.35. The van der Waals surface area contributed by atoms with Crippen molar-refractivity contribution in [3.05, 3.63) is 12.3 Å². The first-order chi connectivity index (χ1) is 9.33. The zero-order chi connectivity index (χ0) is 13.5. The van der Waals surface area contributed by atoms with E-state index >= 15 is 0 Å². The van der Waals surface area contributed by atoms with E-state index in [2.05, 4.69) is 20.2 Å². The fourth-order valence-corrected chi connectivity index (χ4v) is 2.48. The first-order valence-corrected chi connectivity index (χ1v) is 7.19. The Morgan fingerprint density at radius 1 is 1.42 bits per heavy atom. The van der Waals surface area contributed by atoms with Crippen LogP contribution in [0.3, 0.4) is 0 Å². The van der Waals surface area contributed by atoms with Gasteiger partial charge in [0, 0.05) is 25.4 Å². The average molecular weight is 264 g/mol. The Morgan fingerprint density at radius 3 is 2.89 bits per heavy atom. The quantitative estimate of drug-likeness (QED) is 0.847. The molecule has 0 atom stereocenters. The minimum atomic E-state index is 0.641. The number of nitrogens with one attached hydrogen (secondary N) is 1. The maximum absolute atomic E-state index is 5.43. The second kappa shape index (κ2) is 7.28. The predicted octanol–water partition coefficient (Wildman–Crippen LogP) is 1.70. The topological polar surface area (TPSA) is 50.3 Å². The van der Waals surface area contributed by atoms with Crippen LogP contribution in [0.5, 0.6) is 5.88 Å². The van der Waals surface area contributed by atoms with Crippen LogP contribution >= 0.6 is 0 Å². The number of piperidine rings is 1. The van der Waals surface area contributed by atoms with Gasteiger partial charge in [0.15, 0.2) is 0 Å². The highest BCUT2D eigenvalue weighted by Crippen LogP contribution is 2.23. The molecule has 1 aromatic heterocycles. The molecule has 0 radical (unpaired) electrons. The molecule has 1 N–H and O–H groups in total. The van der Waals surface area contributed by atoms with Gasteiger partial charge >= 0.3 is 0 Å². The molecule has 106 valence electrons. The monoisotopic (exact) mass is 264 g/mol. The molecule has 1 fully saturated rings. The van der Waals surface area contributed by atoms with Crippen molar-refractivity contribution in [1.29, 1.82) is 0 Å². The van der Waals surface area contributed by atoms with Gasteiger partial charge in [-0.2, -0.15) is 4.98 Å². The first kappa shape index (κ1) is 14.1. The van der Waals surface area contributed by atoms with Gasteiger partial charge in [-0.05, 0) is 45.7 Å². The molecular weight excluding hydrogens is 240 g/mol. The fourth-order valence-electron chi connectivity index (χ4n) is 2.48. The molecule has 1 aliphatic heterocycles. The van der Waals surface area contributed by atoms with Crippen LogP contribution in [0.4, 0.5) is 5.95 Å². The molecule has 0 amide bonds. The third kappa shape index (κ3) is 4.06. The van der Waals surface area contributed by atoms with Gasteiger partial charge in [-0.1, -0.05) is 0 Å². The van der Waals surface area contributed by atoms with Crippen LogP contribution in [0.2, 0.25) is 0 Å². The zero-order valence-electron chi connectivity index (χ0n) is 11.9. The van der Waals surface area contributed by atoms with Crippen LogP contribution in [0, 0.1) is 5.92 Å². The first-order valence-electron chi connectivity index (χ1n) is 7.19. The van der Waals surface area contributed by atoms with E-state index < -0.39 is 0 Å². The highest BCUT2D eigenvalue weighted by Gasteiger charge is 2.20. The lowest BCUT2D eigenvalue weighted by Gasteiger charge is -2.32. The van der Waals surface area contributed by atoms with Crippen LogP contribution in [0.25, 0.3) is 0 Å². The van der Waals surface area contributed by atoms with Crippen molar-refractivity contribution in [3.63, 3.8) is 0 Å². The Bertz CT molecular complexity index is 377. The maximum Gasteiger partial charge on any atom is 0.228 e. The number of hydrogen-bond acceptors (Lipinski definition) is 5. The molecule has 0 bridgehead atoms. The normalized spacial score (nSPS) is 16.6. The van der Waals surface area contributed by atoms with Crippen molar-refractivity contribution in [2.75, 3.05) is 38.2 Å². The van der Waals surface area contributed by atoms with E-state index in [4.69, 9.17) is 4.74 Å². The van der Waals surface area contributed by atoms with Crippen molar-refractivity contribution in [3.8, 4) is 5.88 Å². The van der Waals surface area contributed by atoms with Gasteiger partial charge in [0.1, 0.15) is 0 Å². The SMILES string of the molecule is CCOc1ccnc(N2CCC(CCNC)CC2)n1. The van der Waals surface area contributed by atoms with Gasteiger partial charge in [-0.15, -0.1) is 0 Å². The van der Waals surface area contributed by atoms with Crippen molar-refractivity contribution in [2.24, 2.45) is 5.92 Å². The van der Waals surface area contributed by atoms with Gasteiger partial charge in [0.05, 0.1) is 6.61 Å². The van der Waals surface area contributed by atoms with Crippen molar-refractivity contribution < 1.29 is 4.74 Å². The van der Waals surface area contributed by atoms with E-state index in [-0.39, 0.29) is 0 Å². The summed E-state index contributed by atoms with van der Waals surface area (Å²) in [5.74, 6) is 2.31. The summed E-state index contributed by atoms with van der Waals surface area (Å²) in [7, 11) is 2.02.